The molecule has 8 heteroatoms. The van der Waals surface area contributed by atoms with Crippen molar-refractivity contribution in [3.8, 4) is 0 Å². The molecule has 0 saturated heterocycles. The van der Waals surface area contributed by atoms with Gasteiger partial charge in [0.05, 0.1) is 23.8 Å². The fraction of sp³-hybridized carbons (Fsp3) is 0.167. The highest BCUT2D eigenvalue weighted by molar-refractivity contribution is 5.90. The molecule has 2 aromatic carbocycles. The van der Waals surface area contributed by atoms with Crippen molar-refractivity contribution in [3.05, 3.63) is 70.5 Å². The lowest BCUT2D eigenvalue weighted by Crippen LogP contribution is -2.18. The van der Waals surface area contributed by atoms with Crippen LogP contribution in [0.15, 0.2) is 59.5 Å². The third kappa shape index (κ3) is 3.90. The van der Waals surface area contributed by atoms with E-state index in [-0.39, 0.29) is 24.1 Å². The van der Waals surface area contributed by atoms with Gasteiger partial charge in [-0.15, -0.1) is 0 Å². The van der Waals surface area contributed by atoms with Gasteiger partial charge in [-0.25, -0.2) is 0 Å². The normalized spacial score (nSPS) is 11.5. The molecule has 0 spiro atoms. The number of aryl methyl sites for hydroxylation is 1. The molecule has 1 amide bonds. The van der Waals surface area contributed by atoms with Crippen LogP contribution in [0.4, 0.5) is 18.9 Å². The number of para-hydroxylation sites is 1. The van der Waals surface area contributed by atoms with Crippen LogP contribution in [0.25, 0.3) is 10.9 Å². The number of fused-ring (bicyclic) bond motifs is 1. The number of halogens is 3. The van der Waals surface area contributed by atoms with Crippen molar-refractivity contribution in [1.82, 2.24) is 9.78 Å². The van der Waals surface area contributed by atoms with Crippen molar-refractivity contribution in [1.29, 1.82) is 0 Å². The van der Waals surface area contributed by atoms with Gasteiger partial charge in [-0.3, -0.25) is 14.3 Å². The van der Waals surface area contributed by atoms with Gasteiger partial charge in [-0.2, -0.15) is 18.3 Å². The predicted molar refractivity (Wildman–Crippen MR) is 90.7 cm³/mol. The summed E-state index contributed by atoms with van der Waals surface area (Å²) >= 11 is 0. The number of aromatic nitrogens is 2. The van der Waals surface area contributed by atoms with Crippen molar-refractivity contribution in [3.63, 3.8) is 0 Å². The Morgan fingerprint density at radius 1 is 1.12 bits per heavy atom. The molecule has 0 fully saturated rings. The fourth-order valence-corrected chi connectivity index (χ4v) is 2.54. The van der Waals surface area contributed by atoms with Gasteiger partial charge in [0.1, 0.15) is 0 Å². The van der Waals surface area contributed by atoms with Crippen molar-refractivity contribution in [2.45, 2.75) is 19.1 Å². The van der Waals surface area contributed by atoms with Crippen LogP contribution in [0.1, 0.15) is 12.0 Å². The fourth-order valence-electron chi connectivity index (χ4n) is 2.54. The van der Waals surface area contributed by atoms with Crippen molar-refractivity contribution in [2.75, 3.05) is 5.32 Å². The molecule has 1 N–H and O–H groups in total. The van der Waals surface area contributed by atoms with Crippen LogP contribution >= 0.6 is 0 Å². The number of nitrogens with one attached hydrogen (secondary N) is 1. The van der Waals surface area contributed by atoms with E-state index in [1.165, 1.54) is 23.0 Å². The summed E-state index contributed by atoms with van der Waals surface area (Å²) in [6.07, 6.45) is -3.30. The minimum atomic E-state index is -4.47. The largest absolute Gasteiger partial charge is 0.416 e. The molecule has 0 unspecified atom stereocenters. The topological polar surface area (TPSA) is 64.0 Å². The highest BCUT2D eigenvalue weighted by atomic mass is 19.4. The third-order valence-electron chi connectivity index (χ3n) is 3.79. The maximum absolute atomic E-state index is 12.7. The number of hydrogen-bond donors (Lipinski definition) is 1. The zero-order chi connectivity index (χ0) is 18.7. The lowest BCUT2D eigenvalue weighted by molar-refractivity contribution is -0.137. The number of hydrogen-bond acceptors (Lipinski definition) is 3. The molecule has 1 aromatic heterocycles. The molecule has 0 aliphatic carbocycles. The van der Waals surface area contributed by atoms with Crippen LogP contribution in [0.2, 0.25) is 0 Å². The number of carbonyl (C=O) groups is 1. The van der Waals surface area contributed by atoms with Gasteiger partial charge in [0.2, 0.25) is 11.3 Å². The Labute approximate surface area is 146 Å². The summed E-state index contributed by atoms with van der Waals surface area (Å²) in [6, 6.07) is 11.3. The second-order valence-corrected chi connectivity index (χ2v) is 5.63. The zero-order valence-electron chi connectivity index (χ0n) is 13.5. The highest BCUT2D eigenvalue weighted by Crippen LogP contribution is 2.30. The van der Waals surface area contributed by atoms with E-state index in [9.17, 15) is 22.8 Å². The van der Waals surface area contributed by atoms with Gasteiger partial charge < -0.3 is 5.32 Å². The monoisotopic (exact) mass is 361 g/mol. The molecule has 3 aromatic rings. The number of benzene rings is 2. The van der Waals surface area contributed by atoms with E-state index in [0.29, 0.717) is 10.9 Å². The molecule has 0 atom stereocenters. The molecule has 0 radical (unpaired) electrons. The first kappa shape index (κ1) is 17.7. The van der Waals surface area contributed by atoms with Crippen LogP contribution in [0.5, 0.6) is 0 Å². The molecule has 0 aliphatic rings. The number of amides is 1. The second-order valence-electron chi connectivity index (χ2n) is 5.63. The van der Waals surface area contributed by atoms with Gasteiger partial charge >= 0.3 is 6.18 Å². The maximum atomic E-state index is 12.7. The van der Waals surface area contributed by atoms with Gasteiger partial charge in [0, 0.05) is 17.5 Å². The van der Waals surface area contributed by atoms with E-state index < -0.39 is 17.6 Å². The first-order valence-electron chi connectivity index (χ1n) is 7.76. The summed E-state index contributed by atoms with van der Waals surface area (Å²) in [4.78, 5) is 23.8. The highest BCUT2D eigenvalue weighted by Gasteiger charge is 2.30. The maximum Gasteiger partial charge on any atom is 0.416 e. The molecule has 134 valence electrons. The first-order chi connectivity index (χ1) is 12.3. The Balaban J connectivity index is 1.71. The Kier molecular flexibility index (Phi) is 4.75. The van der Waals surface area contributed by atoms with E-state index in [1.807, 2.05) is 0 Å². The molecule has 3 rings (SSSR count). The lowest BCUT2D eigenvalue weighted by atomic mass is 10.2. The van der Waals surface area contributed by atoms with Crippen LogP contribution in [0.3, 0.4) is 0 Å². The number of alkyl halides is 3. The molecule has 1 heterocycles. The molecule has 5 nitrogen and oxygen atoms in total. The summed E-state index contributed by atoms with van der Waals surface area (Å²) in [5, 5.41) is 6.94. The Bertz CT molecular complexity index is 1010. The molecule has 0 bridgehead atoms. The average Bonchev–Trinajstić information content (AvgIpc) is 2.61. The third-order valence-corrected chi connectivity index (χ3v) is 3.79. The van der Waals surface area contributed by atoms with Gasteiger partial charge in [-0.1, -0.05) is 18.2 Å². The van der Waals surface area contributed by atoms with Gasteiger partial charge in [0.15, 0.2) is 0 Å². The van der Waals surface area contributed by atoms with Crippen LogP contribution < -0.4 is 10.7 Å². The molecular formula is C18H14F3N3O2. The first-order valence-corrected chi connectivity index (χ1v) is 7.76. The summed E-state index contributed by atoms with van der Waals surface area (Å²) in [5.41, 5.74) is -0.386. The standard InChI is InChI=1S/C18H14F3N3O2/c19-18(20,21)12-4-3-5-13(10-12)23-17(26)8-9-24-15-7-2-1-6-14(15)16(25)11-22-24/h1-7,10-11H,8-9H2,(H,23,26). The molecular weight excluding hydrogens is 347 g/mol. The lowest BCUT2D eigenvalue weighted by Gasteiger charge is -2.11. The second kappa shape index (κ2) is 6.99. The smallest absolute Gasteiger partial charge is 0.326 e. The Morgan fingerprint density at radius 3 is 2.65 bits per heavy atom. The summed E-state index contributed by atoms with van der Waals surface area (Å²) in [5.74, 6) is -0.450. The van der Waals surface area contributed by atoms with Crippen LogP contribution in [-0.2, 0) is 17.5 Å². The van der Waals surface area contributed by atoms with Crippen LogP contribution in [0, 0.1) is 0 Å². The average molecular weight is 361 g/mol. The van der Waals surface area contributed by atoms with Gasteiger partial charge in [0.25, 0.3) is 0 Å². The Morgan fingerprint density at radius 2 is 1.88 bits per heavy atom. The Hall–Kier alpha value is -3.16. The van der Waals surface area contributed by atoms with E-state index in [2.05, 4.69) is 10.4 Å². The predicted octanol–water partition coefficient (Wildman–Crippen LogP) is 3.44. The summed E-state index contributed by atoms with van der Waals surface area (Å²) in [7, 11) is 0. The van der Waals surface area contributed by atoms with E-state index >= 15 is 0 Å². The zero-order valence-corrected chi connectivity index (χ0v) is 13.5. The van der Waals surface area contributed by atoms with E-state index in [1.54, 1.807) is 24.3 Å². The number of rotatable bonds is 4. The van der Waals surface area contributed by atoms with E-state index in [0.717, 1.165) is 12.1 Å². The summed E-state index contributed by atoms with van der Waals surface area (Å²) < 4.78 is 39.6. The molecule has 26 heavy (non-hydrogen) atoms. The van der Waals surface area contributed by atoms with E-state index in [4.69, 9.17) is 0 Å². The van der Waals surface area contributed by atoms with Crippen molar-refractivity contribution in [2.24, 2.45) is 0 Å². The molecule has 0 aliphatic heterocycles. The number of carbonyl (C=O) groups excluding carboxylic acids is 1. The number of nitrogens with zero attached hydrogens (tertiary/aromatic N) is 2. The van der Waals surface area contributed by atoms with Crippen molar-refractivity contribution >= 4 is 22.5 Å². The molecule has 0 saturated carbocycles. The van der Waals surface area contributed by atoms with Crippen LogP contribution in [-0.4, -0.2) is 15.7 Å². The van der Waals surface area contributed by atoms with Crippen molar-refractivity contribution < 1.29 is 18.0 Å². The minimum absolute atomic E-state index is 0.00386. The minimum Gasteiger partial charge on any atom is -0.326 e. The number of anilines is 1. The quantitative estimate of drug-likeness (QED) is 0.774. The SMILES string of the molecule is O=C(CCn1ncc(=O)c2ccccc21)Nc1cccc(C(F)(F)F)c1. The van der Waals surface area contributed by atoms with Gasteiger partial charge in [-0.05, 0) is 30.3 Å². The summed E-state index contributed by atoms with van der Waals surface area (Å²) in [6.45, 7) is 0.186.